The summed E-state index contributed by atoms with van der Waals surface area (Å²) >= 11 is 0. The monoisotopic (exact) mass is 351 g/mol. The highest BCUT2D eigenvalue weighted by Crippen LogP contribution is 2.45. The van der Waals surface area contributed by atoms with E-state index in [1.807, 2.05) is 0 Å². The van der Waals surface area contributed by atoms with Gasteiger partial charge in [0, 0.05) is 12.1 Å². The second-order valence-corrected chi connectivity index (χ2v) is 6.53. The molecule has 11 nitrogen and oxygen atoms in total. The number of hydrogen-bond acceptors (Lipinski definition) is 8. The summed E-state index contributed by atoms with van der Waals surface area (Å²) in [6, 6.07) is 4.70. The molecule has 1 saturated heterocycles. The molecule has 2 rings (SSSR count). The fourth-order valence-corrected chi connectivity index (χ4v) is 2.62. The zero-order valence-electron chi connectivity index (χ0n) is 11.4. The Balaban J connectivity index is 2.09. The molecule has 0 radical (unpaired) electrons. The molecule has 0 bridgehead atoms. The third-order valence-corrected chi connectivity index (χ3v) is 4.18. The van der Waals surface area contributed by atoms with Crippen molar-refractivity contribution in [3.63, 3.8) is 0 Å². The van der Waals surface area contributed by atoms with Gasteiger partial charge in [-0.05, 0) is 12.1 Å². The van der Waals surface area contributed by atoms with Gasteiger partial charge in [-0.15, -0.1) is 0 Å². The zero-order valence-corrected chi connectivity index (χ0v) is 12.3. The predicted octanol–water partition coefficient (Wildman–Crippen LogP) is -1.08. The first kappa shape index (κ1) is 17.8. The Morgan fingerprint density at radius 2 is 1.78 bits per heavy atom. The second-order valence-electron chi connectivity index (χ2n) is 4.82. The van der Waals surface area contributed by atoms with Gasteiger partial charge in [0.15, 0.2) is 5.85 Å². The number of nitro groups is 1. The van der Waals surface area contributed by atoms with Crippen molar-refractivity contribution >= 4 is 13.3 Å². The SMILES string of the molecule is O=[N+]([O-])c1ccc(OC2O[C@H]([C@@H](O)P(=O)(O)O)[C@@H](O)[C@H]2O)cc1. The van der Waals surface area contributed by atoms with Gasteiger partial charge in [-0.1, -0.05) is 0 Å². The number of nitro benzene ring substituents is 1. The van der Waals surface area contributed by atoms with Gasteiger partial charge in [-0.25, -0.2) is 0 Å². The molecule has 0 spiro atoms. The highest BCUT2D eigenvalue weighted by molar-refractivity contribution is 7.52. The quantitative estimate of drug-likeness (QED) is 0.249. The van der Waals surface area contributed by atoms with Crippen LogP contribution in [0.2, 0.25) is 0 Å². The fraction of sp³-hybridized carbons (Fsp3) is 0.455. The van der Waals surface area contributed by atoms with Crippen LogP contribution in [0.3, 0.4) is 0 Å². The predicted molar refractivity (Wildman–Crippen MR) is 72.4 cm³/mol. The molecule has 1 heterocycles. The van der Waals surface area contributed by atoms with Gasteiger partial charge in [0.05, 0.1) is 4.92 Å². The van der Waals surface area contributed by atoms with Crippen LogP contribution in [0, 0.1) is 10.1 Å². The Bertz CT molecular complexity index is 616. The van der Waals surface area contributed by atoms with Crippen LogP contribution < -0.4 is 4.74 Å². The minimum Gasteiger partial charge on any atom is -0.462 e. The minimum atomic E-state index is -4.97. The topological polar surface area (TPSA) is 180 Å². The van der Waals surface area contributed by atoms with E-state index >= 15 is 0 Å². The van der Waals surface area contributed by atoms with Crippen LogP contribution in [-0.4, -0.2) is 60.5 Å². The molecule has 1 unspecified atom stereocenters. The molecule has 1 aliphatic rings. The lowest BCUT2D eigenvalue weighted by molar-refractivity contribution is -0.384. The van der Waals surface area contributed by atoms with E-state index in [0.29, 0.717) is 0 Å². The summed E-state index contributed by atoms with van der Waals surface area (Å²) in [6.07, 6.45) is -6.75. The molecule has 0 aliphatic carbocycles. The van der Waals surface area contributed by atoms with Gasteiger partial charge >= 0.3 is 7.60 Å². The molecule has 0 saturated carbocycles. The van der Waals surface area contributed by atoms with Crippen molar-refractivity contribution in [1.29, 1.82) is 0 Å². The summed E-state index contributed by atoms with van der Waals surface area (Å²) < 4.78 is 21.1. The van der Waals surface area contributed by atoms with E-state index in [2.05, 4.69) is 0 Å². The summed E-state index contributed by atoms with van der Waals surface area (Å²) in [4.78, 5) is 27.7. The van der Waals surface area contributed by atoms with E-state index in [-0.39, 0.29) is 11.4 Å². The molecule has 0 amide bonds. The van der Waals surface area contributed by atoms with Crippen molar-refractivity contribution in [3.05, 3.63) is 34.4 Å². The standard InChI is InChI=1S/C11H14NO10P/c13-7-8(14)11(22-9(7)10(15)23(18,19)20)21-6-3-1-5(2-4-6)12(16)17/h1-4,7-11,13-15H,(H2,18,19,20)/t7-,8+,9-,10-,11?/m0/s1. The first-order valence-corrected chi connectivity index (χ1v) is 7.95. The molecule has 1 aromatic rings. The Kier molecular flexibility index (Phi) is 5.01. The first-order chi connectivity index (χ1) is 10.6. The van der Waals surface area contributed by atoms with E-state index in [0.717, 1.165) is 12.1 Å². The molecule has 0 aromatic heterocycles. The van der Waals surface area contributed by atoms with Crippen LogP contribution >= 0.6 is 7.60 Å². The Labute approximate surface area is 129 Å². The summed E-state index contributed by atoms with van der Waals surface area (Å²) in [6.45, 7) is 0. The van der Waals surface area contributed by atoms with E-state index in [1.54, 1.807) is 0 Å². The van der Waals surface area contributed by atoms with Gasteiger partial charge in [0.2, 0.25) is 6.29 Å². The average molecular weight is 351 g/mol. The third-order valence-electron chi connectivity index (χ3n) is 3.19. The van der Waals surface area contributed by atoms with Gasteiger partial charge in [-0.3, -0.25) is 14.7 Å². The highest BCUT2D eigenvalue weighted by atomic mass is 31.2. The molecule has 128 valence electrons. The van der Waals surface area contributed by atoms with Gasteiger partial charge in [0.25, 0.3) is 5.69 Å². The lowest BCUT2D eigenvalue weighted by atomic mass is 10.1. The van der Waals surface area contributed by atoms with Crippen molar-refractivity contribution < 1.29 is 44.1 Å². The lowest BCUT2D eigenvalue weighted by Crippen LogP contribution is -2.39. The summed E-state index contributed by atoms with van der Waals surface area (Å²) in [5, 5.41) is 39.5. The van der Waals surface area contributed by atoms with Gasteiger partial charge < -0.3 is 34.6 Å². The van der Waals surface area contributed by atoms with Crippen molar-refractivity contribution in [2.45, 2.75) is 30.4 Å². The van der Waals surface area contributed by atoms with Gasteiger partial charge in [0.1, 0.15) is 24.1 Å². The zero-order chi connectivity index (χ0) is 17.4. The normalized spacial score (nSPS) is 29.3. The highest BCUT2D eigenvalue weighted by Gasteiger charge is 2.51. The number of benzene rings is 1. The molecule has 1 fully saturated rings. The van der Waals surface area contributed by atoms with Crippen molar-refractivity contribution in [2.24, 2.45) is 0 Å². The van der Waals surface area contributed by atoms with Crippen LogP contribution in [0.15, 0.2) is 24.3 Å². The Morgan fingerprint density at radius 3 is 2.26 bits per heavy atom. The van der Waals surface area contributed by atoms with Crippen LogP contribution in [0.4, 0.5) is 5.69 Å². The smallest absolute Gasteiger partial charge is 0.356 e. The maximum Gasteiger partial charge on any atom is 0.356 e. The van der Waals surface area contributed by atoms with Crippen molar-refractivity contribution in [1.82, 2.24) is 0 Å². The van der Waals surface area contributed by atoms with Crippen molar-refractivity contribution in [3.8, 4) is 5.75 Å². The van der Waals surface area contributed by atoms with Crippen LogP contribution in [0.25, 0.3) is 0 Å². The van der Waals surface area contributed by atoms with E-state index in [4.69, 9.17) is 19.3 Å². The lowest BCUT2D eigenvalue weighted by Gasteiger charge is -2.21. The van der Waals surface area contributed by atoms with Crippen molar-refractivity contribution in [2.75, 3.05) is 0 Å². The first-order valence-electron chi connectivity index (χ1n) is 6.27. The van der Waals surface area contributed by atoms with Gasteiger partial charge in [-0.2, -0.15) is 0 Å². The maximum atomic E-state index is 11.0. The third kappa shape index (κ3) is 3.85. The Morgan fingerprint density at radius 1 is 1.22 bits per heavy atom. The molecule has 23 heavy (non-hydrogen) atoms. The van der Waals surface area contributed by atoms with Crippen LogP contribution in [0.1, 0.15) is 0 Å². The second kappa shape index (κ2) is 6.49. The molecule has 1 aromatic carbocycles. The molecule has 5 atom stereocenters. The number of ether oxygens (including phenoxy) is 2. The average Bonchev–Trinajstić information content (AvgIpc) is 2.74. The molecule has 12 heteroatoms. The summed E-state index contributed by atoms with van der Waals surface area (Å²) in [7, 11) is -4.97. The number of aliphatic hydroxyl groups is 3. The molecule has 1 aliphatic heterocycles. The number of rotatable bonds is 5. The minimum absolute atomic E-state index is 0.0539. The fourth-order valence-electron chi connectivity index (χ4n) is 1.99. The van der Waals surface area contributed by atoms with E-state index in [9.17, 15) is 30.0 Å². The number of hydrogen-bond donors (Lipinski definition) is 5. The molecular formula is C11H14NO10P. The number of aliphatic hydroxyl groups excluding tert-OH is 3. The largest absolute Gasteiger partial charge is 0.462 e. The molecule has 5 N–H and O–H groups in total. The van der Waals surface area contributed by atoms with Crippen LogP contribution in [0.5, 0.6) is 5.75 Å². The maximum absolute atomic E-state index is 11.0. The summed E-state index contributed by atoms with van der Waals surface area (Å²) in [5.74, 6) is -2.28. The Hall–Kier alpha value is -1.59. The molecular weight excluding hydrogens is 337 g/mol. The summed E-state index contributed by atoms with van der Waals surface area (Å²) in [5.41, 5.74) is -0.194. The van der Waals surface area contributed by atoms with E-state index in [1.165, 1.54) is 12.1 Å². The number of nitrogens with zero attached hydrogens (tertiary/aromatic N) is 1. The van der Waals surface area contributed by atoms with E-state index < -0.39 is 43.0 Å². The number of non-ortho nitro benzene ring substituents is 1. The van der Waals surface area contributed by atoms with Crippen LogP contribution in [-0.2, 0) is 9.30 Å².